The number of hydrogen-bond donors (Lipinski definition) is 4. The molecule has 0 spiro atoms. The molecule has 0 aliphatic rings. The van der Waals surface area contributed by atoms with Crippen LogP contribution in [0.2, 0.25) is 0 Å². The molecule has 0 bridgehead atoms. The van der Waals surface area contributed by atoms with Crippen molar-refractivity contribution in [2.75, 3.05) is 13.2 Å². The van der Waals surface area contributed by atoms with E-state index in [1.165, 1.54) is 0 Å². The highest BCUT2D eigenvalue weighted by atomic mass is 16.4. The van der Waals surface area contributed by atoms with E-state index >= 15 is 0 Å². The zero-order chi connectivity index (χ0) is 11.8. The predicted octanol–water partition coefficient (Wildman–Crippen LogP) is -0.0740. The van der Waals surface area contributed by atoms with Crippen LogP contribution in [0.25, 0.3) is 0 Å². The molecule has 0 saturated carbocycles. The maximum absolute atomic E-state index is 9.17. The summed E-state index contributed by atoms with van der Waals surface area (Å²) >= 11 is 0. The number of oxime groups is 1. The van der Waals surface area contributed by atoms with Crippen LogP contribution in [0, 0.1) is 0 Å². The van der Waals surface area contributed by atoms with E-state index in [1.54, 1.807) is 0 Å². The third kappa shape index (κ3) is 4.29. The van der Waals surface area contributed by atoms with Crippen LogP contribution >= 0.6 is 0 Å². The van der Waals surface area contributed by atoms with Gasteiger partial charge in [-0.2, -0.15) is 0 Å². The minimum atomic E-state index is -0.0947. The van der Waals surface area contributed by atoms with Crippen molar-refractivity contribution in [2.24, 2.45) is 10.9 Å². The fraction of sp³-hybridized carbons (Fsp3) is 0.364. The van der Waals surface area contributed by atoms with Crippen LogP contribution in [-0.4, -0.2) is 35.3 Å². The summed E-state index contributed by atoms with van der Waals surface area (Å²) < 4.78 is 0. The largest absolute Gasteiger partial charge is 0.409 e. The Morgan fingerprint density at radius 2 is 2.06 bits per heavy atom. The van der Waals surface area contributed by atoms with E-state index in [4.69, 9.17) is 16.0 Å². The van der Waals surface area contributed by atoms with Crippen LogP contribution in [0.3, 0.4) is 0 Å². The Morgan fingerprint density at radius 1 is 1.38 bits per heavy atom. The molecule has 5 nitrogen and oxygen atoms in total. The highest BCUT2D eigenvalue weighted by molar-refractivity contribution is 5.81. The molecular formula is C11H17N3O2. The Labute approximate surface area is 94.6 Å². The lowest BCUT2D eigenvalue weighted by Gasteiger charge is -2.15. The smallest absolute Gasteiger partial charge is 0.153 e. The quantitative estimate of drug-likeness (QED) is 0.235. The highest BCUT2D eigenvalue weighted by Gasteiger charge is 2.08. The van der Waals surface area contributed by atoms with Crippen molar-refractivity contribution in [1.29, 1.82) is 0 Å². The number of benzene rings is 1. The minimum absolute atomic E-state index is 0.00754. The van der Waals surface area contributed by atoms with Gasteiger partial charge in [0.1, 0.15) is 0 Å². The number of aliphatic hydroxyl groups is 1. The van der Waals surface area contributed by atoms with Crippen molar-refractivity contribution >= 4 is 5.84 Å². The average Bonchev–Trinajstić information content (AvgIpc) is 2.35. The monoisotopic (exact) mass is 223 g/mol. The Bertz CT molecular complexity index is 327. The van der Waals surface area contributed by atoms with Gasteiger partial charge in [-0.15, -0.1) is 0 Å². The number of hydrogen-bond acceptors (Lipinski definition) is 4. The summed E-state index contributed by atoms with van der Waals surface area (Å²) in [6, 6.07) is 9.74. The Hall–Kier alpha value is -1.59. The molecule has 0 fully saturated rings. The van der Waals surface area contributed by atoms with Crippen LogP contribution in [0.5, 0.6) is 0 Å². The summed E-state index contributed by atoms with van der Waals surface area (Å²) in [6.45, 7) is 0.266. The van der Waals surface area contributed by atoms with Gasteiger partial charge in [0, 0.05) is 6.04 Å². The molecule has 1 atom stereocenters. The van der Waals surface area contributed by atoms with Gasteiger partial charge in [-0.1, -0.05) is 35.5 Å². The van der Waals surface area contributed by atoms with Crippen LogP contribution < -0.4 is 11.1 Å². The third-order valence-corrected chi connectivity index (χ3v) is 2.25. The maximum Gasteiger partial charge on any atom is 0.153 e. The van der Waals surface area contributed by atoms with Gasteiger partial charge in [-0.25, -0.2) is 0 Å². The van der Waals surface area contributed by atoms with Crippen molar-refractivity contribution in [3.05, 3.63) is 35.9 Å². The van der Waals surface area contributed by atoms with Crippen LogP contribution in [0.4, 0.5) is 0 Å². The van der Waals surface area contributed by atoms with Gasteiger partial charge in [0.2, 0.25) is 0 Å². The van der Waals surface area contributed by atoms with E-state index in [-0.39, 0.29) is 25.0 Å². The third-order valence-electron chi connectivity index (χ3n) is 2.25. The second kappa shape index (κ2) is 6.81. The van der Waals surface area contributed by atoms with Gasteiger partial charge in [0.25, 0.3) is 0 Å². The lowest BCUT2D eigenvalue weighted by molar-refractivity contribution is 0.245. The molecule has 0 aliphatic carbocycles. The molecule has 0 amide bonds. The van der Waals surface area contributed by atoms with Crippen LogP contribution in [-0.2, 0) is 6.42 Å². The molecule has 16 heavy (non-hydrogen) atoms. The number of nitrogens with two attached hydrogens (primary N) is 1. The van der Waals surface area contributed by atoms with Gasteiger partial charge in [0.15, 0.2) is 5.84 Å². The molecular weight excluding hydrogens is 206 g/mol. The first kappa shape index (κ1) is 12.5. The Morgan fingerprint density at radius 3 is 2.62 bits per heavy atom. The van der Waals surface area contributed by atoms with E-state index < -0.39 is 0 Å². The first-order chi connectivity index (χ1) is 7.76. The van der Waals surface area contributed by atoms with Gasteiger partial charge < -0.3 is 21.4 Å². The van der Waals surface area contributed by atoms with E-state index in [2.05, 4.69) is 10.5 Å². The van der Waals surface area contributed by atoms with Crippen molar-refractivity contribution in [3.63, 3.8) is 0 Å². The Balaban J connectivity index is 2.43. The van der Waals surface area contributed by atoms with Gasteiger partial charge in [-0.05, 0) is 12.0 Å². The highest BCUT2D eigenvalue weighted by Crippen LogP contribution is 2.02. The molecule has 0 radical (unpaired) electrons. The summed E-state index contributed by atoms with van der Waals surface area (Å²) in [5.41, 5.74) is 6.46. The molecule has 0 heterocycles. The van der Waals surface area contributed by atoms with Crippen LogP contribution in [0.15, 0.2) is 35.5 Å². The molecule has 1 unspecified atom stereocenters. The first-order valence-corrected chi connectivity index (χ1v) is 5.11. The SMILES string of the molecule is NC(CNC(CO)Cc1ccccc1)=NO. The molecule has 0 aromatic heterocycles. The standard InChI is InChI=1S/C11H17N3O2/c12-11(14-16)7-13-10(8-15)6-9-4-2-1-3-5-9/h1-5,10,13,15-16H,6-8H2,(H2,12,14). The zero-order valence-electron chi connectivity index (χ0n) is 9.00. The second-order valence-electron chi connectivity index (χ2n) is 3.54. The van der Waals surface area contributed by atoms with E-state index in [0.717, 1.165) is 5.56 Å². The minimum Gasteiger partial charge on any atom is -0.409 e. The van der Waals surface area contributed by atoms with E-state index in [1.807, 2.05) is 30.3 Å². The molecule has 1 aromatic rings. The lowest BCUT2D eigenvalue weighted by Crippen LogP contribution is -2.40. The van der Waals surface area contributed by atoms with Gasteiger partial charge in [-0.3, -0.25) is 0 Å². The normalized spacial score (nSPS) is 13.7. The summed E-state index contributed by atoms with van der Waals surface area (Å²) in [4.78, 5) is 0. The number of rotatable bonds is 6. The molecule has 88 valence electrons. The van der Waals surface area contributed by atoms with Gasteiger partial charge >= 0.3 is 0 Å². The Kier molecular flexibility index (Phi) is 5.31. The maximum atomic E-state index is 9.17. The molecule has 1 aromatic carbocycles. The number of nitrogens with zero attached hydrogens (tertiary/aromatic N) is 1. The molecule has 0 saturated heterocycles. The molecule has 5 N–H and O–H groups in total. The predicted molar refractivity (Wildman–Crippen MR) is 62.4 cm³/mol. The fourth-order valence-electron chi connectivity index (χ4n) is 1.38. The molecule has 1 rings (SSSR count). The topological polar surface area (TPSA) is 90.9 Å². The summed E-state index contributed by atoms with van der Waals surface area (Å²) in [7, 11) is 0. The zero-order valence-corrected chi connectivity index (χ0v) is 9.00. The van der Waals surface area contributed by atoms with Crippen molar-refractivity contribution in [1.82, 2.24) is 5.32 Å². The molecule has 0 aliphatic heterocycles. The first-order valence-electron chi connectivity index (χ1n) is 5.11. The summed E-state index contributed by atoms with van der Waals surface area (Å²) in [5, 5.41) is 23.4. The fourth-order valence-corrected chi connectivity index (χ4v) is 1.38. The average molecular weight is 223 g/mol. The number of aliphatic hydroxyl groups excluding tert-OH is 1. The summed E-state index contributed by atoms with van der Waals surface area (Å²) in [5.74, 6) is 0.103. The molecule has 5 heteroatoms. The van der Waals surface area contributed by atoms with Crippen molar-refractivity contribution in [3.8, 4) is 0 Å². The number of amidine groups is 1. The van der Waals surface area contributed by atoms with Crippen molar-refractivity contribution < 1.29 is 10.3 Å². The lowest BCUT2D eigenvalue weighted by atomic mass is 10.1. The number of nitrogens with one attached hydrogen (secondary N) is 1. The van der Waals surface area contributed by atoms with Crippen molar-refractivity contribution in [2.45, 2.75) is 12.5 Å². The van der Waals surface area contributed by atoms with Crippen LogP contribution in [0.1, 0.15) is 5.56 Å². The summed E-state index contributed by atoms with van der Waals surface area (Å²) in [6.07, 6.45) is 0.704. The second-order valence-corrected chi connectivity index (χ2v) is 3.54. The van der Waals surface area contributed by atoms with E-state index in [0.29, 0.717) is 6.42 Å². The van der Waals surface area contributed by atoms with Gasteiger partial charge in [0.05, 0.1) is 13.2 Å². The van der Waals surface area contributed by atoms with E-state index in [9.17, 15) is 0 Å².